The fourth-order valence-electron chi connectivity index (χ4n) is 12.0. The van der Waals surface area contributed by atoms with Crippen molar-refractivity contribution in [3.05, 3.63) is 11.6 Å². The topological polar surface area (TPSA) is 253 Å². The largest absolute Gasteiger partial charge is 0.472 e. The van der Waals surface area contributed by atoms with E-state index >= 15 is 0 Å². The molecule has 1 amide bonds. The third kappa shape index (κ3) is 24.9. The molecule has 76 heavy (non-hydrogen) atoms. The molecule has 21 nitrogen and oxygen atoms in total. The van der Waals surface area contributed by atoms with Crippen molar-refractivity contribution in [3.63, 3.8) is 0 Å². The molecule has 23 heteroatoms. The van der Waals surface area contributed by atoms with Crippen LogP contribution in [0.1, 0.15) is 112 Å². The van der Waals surface area contributed by atoms with Crippen LogP contribution in [-0.4, -0.2) is 186 Å². The summed E-state index contributed by atoms with van der Waals surface area (Å²) in [5.74, 6) is 4.86. The summed E-state index contributed by atoms with van der Waals surface area (Å²) in [6.45, 7) is 17.0. The summed E-state index contributed by atoms with van der Waals surface area (Å²) in [5, 5.41) is 12.5. The van der Waals surface area contributed by atoms with Gasteiger partial charge in [-0.25, -0.2) is 13.9 Å². The number of nitrogens with one attached hydrogen (secondary N) is 1. The van der Waals surface area contributed by atoms with Crippen molar-refractivity contribution < 1.29 is 94.3 Å². The average molecular weight is 1130 g/mol. The van der Waals surface area contributed by atoms with E-state index in [2.05, 4.69) is 55.1 Å². The lowest BCUT2D eigenvalue weighted by atomic mass is 9.47. The van der Waals surface area contributed by atoms with Gasteiger partial charge in [-0.1, -0.05) is 65.5 Å². The van der Waals surface area contributed by atoms with Gasteiger partial charge in [0, 0.05) is 26.7 Å². The standard InChI is InChI=1S/C53H99NO20P2/c1-42(2)9-7-10-43(3)48-13-14-49-47-12-11-44-39-45(15-17-52(44,4)50(47)16-18-53(48,49)5)73-51(56)54-19-8-20-62-21-22-63-27-28-67-33-34-70-41-46(40-55)74-76(59,60)72-38-36-69-32-30-66-26-24-64-23-25-65-29-31-68-35-37-71-75(57,58)61-6/h11,42-43,45-50,55H,7-10,12-41H2,1-6H3,(H,54,56)(H,57,58)(H,59,60). The second kappa shape index (κ2) is 37.0. The molecule has 11 atom stereocenters. The van der Waals surface area contributed by atoms with Gasteiger partial charge in [-0.3, -0.25) is 18.1 Å². The number of hydrogen-bond acceptors (Lipinski definition) is 18. The second-order valence-corrected chi connectivity index (χ2v) is 24.5. The van der Waals surface area contributed by atoms with Gasteiger partial charge in [0.05, 0.1) is 132 Å². The lowest BCUT2D eigenvalue weighted by Gasteiger charge is -2.58. The van der Waals surface area contributed by atoms with Crippen molar-refractivity contribution in [3.8, 4) is 0 Å². The van der Waals surface area contributed by atoms with E-state index in [1.807, 2.05) is 0 Å². The Balaban J connectivity index is 0.890. The molecular weight excluding hydrogens is 1030 g/mol. The molecule has 4 aliphatic carbocycles. The first-order valence-corrected chi connectivity index (χ1v) is 31.2. The Morgan fingerprint density at radius 3 is 1.72 bits per heavy atom. The number of carbonyl (C=O) groups excluding carboxylic acids is 1. The lowest BCUT2D eigenvalue weighted by Crippen LogP contribution is -2.51. The highest BCUT2D eigenvalue weighted by atomic mass is 31.2. The molecule has 11 unspecified atom stereocenters. The summed E-state index contributed by atoms with van der Waals surface area (Å²) in [7, 11) is -7.38. The van der Waals surface area contributed by atoms with Crippen LogP contribution in [0.3, 0.4) is 0 Å². The van der Waals surface area contributed by atoms with Crippen molar-refractivity contribution in [1.82, 2.24) is 5.32 Å². The van der Waals surface area contributed by atoms with Gasteiger partial charge >= 0.3 is 21.7 Å². The molecule has 4 rings (SSSR count). The number of alkyl carbamates (subject to hydrolysis) is 1. The van der Waals surface area contributed by atoms with Crippen LogP contribution in [0.4, 0.5) is 4.79 Å². The number of aliphatic hydroxyl groups is 1. The minimum atomic E-state index is -4.47. The molecule has 4 N–H and O–H groups in total. The predicted octanol–water partition coefficient (Wildman–Crippen LogP) is 7.92. The molecule has 3 fully saturated rings. The van der Waals surface area contributed by atoms with Gasteiger partial charge in [-0.15, -0.1) is 0 Å². The van der Waals surface area contributed by atoms with E-state index in [9.17, 15) is 23.9 Å². The second-order valence-electron chi connectivity index (χ2n) is 21.5. The maximum Gasteiger partial charge on any atom is 0.472 e. The van der Waals surface area contributed by atoms with Crippen molar-refractivity contribution >= 4 is 21.7 Å². The van der Waals surface area contributed by atoms with Crippen molar-refractivity contribution in [2.24, 2.45) is 46.3 Å². The molecule has 0 aromatic rings. The van der Waals surface area contributed by atoms with E-state index in [-0.39, 0.29) is 83.7 Å². The highest BCUT2D eigenvalue weighted by Crippen LogP contribution is 2.67. The maximum atomic E-state index is 12.8. The van der Waals surface area contributed by atoms with Crippen LogP contribution in [0.2, 0.25) is 0 Å². The molecule has 0 heterocycles. The summed E-state index contributed by atoms with van der Waals surface area (Å²) < 4.78 is 97.1. The van der Waals surface area contributed by atoms with Crippen LogP contribution in [0.15, 0.2) is 11.6 Å². The summed E-state index contributed by atoms with van der Waals surface area (Å²) in [6.07, 6.45) is 15.4. The van der Waals surface area contributed by atoms with Crippen molar-refractivity contribution in [2.45, 2.75) is 124 Å². The van der Waals surface area contributed by atoms with Crippen molar-refractivity contribution in [1.29, 1.82) is 0 Å². The van der Waals surface area contributed by atoms with E-state index < -0.39 is 28.4 Å². The Bertz CT molecular complexity index is 1700. The number of rotatable bonds is 45. The third-order valence-electron chi connectivity index (χ3n) is 15.9. The Kier molecular flexibility index (Phi) is 32.8. The number of amides is 1. The number of fused-ring (bicyclic) bond motifs is 5. The number of allylic oxidation sites excluding steroid dienone is 1. The summed E-state index contributed by atoms with van der Waals surface area (Å²) >= 11 is 0. The molecule has 0 radical (unpaired) electrons. The number of aliphatic hydroxyl groups excluding tert-OH is 1. The molecule has 3 saturated carbocycles. The molecule has 4 aliphatic rings. The number of carbonyl (C=O) groups is 1. The van der Waals surface area contributed by atoms with E-state index in [1.165, 1.54) is 56.9 Å². The van der Waals surface area contributed by atoms with Gasteiger partial charge in [0.25, 0.3) is 0 Å². The van der Waals surface area contributed by atoms with Crippen LogP contribution >= 0.6 is 15.6 Å². The summed E-state index contributed by atoms with van der Waals surface area (Å²) in [5.41, 5.74) is 2.24. The van der Waals surface area contributed by atoms with Gasteiger partial charge in [0.1, 0.15) is 12.2 Å². The molecule has 446 valence electrons. The molecular formula is C53H99NO20P2. The highest BCUT2D eigenvalue weighted by molar-refractivity contribution is 7.47. The Hall–Kier alpha value is -1.17. The molecule has 0 aromatic carbocycles. The lowest BCUT2D eigenvalue weighted by molar-refractivity contribution is -0.0581. The maximum absolute atomic E-state index is 12.8. The number of phosphoric acid groups is 2. The van der Waals surface area contributed by atoms with E-state index in [0.717, 1.165) is 61.9 Å². The molecule has 0 spiro atoms. The number of phosphoric ester groups is 2. The Labute approximate surface area is 454 Å². The predicted molar refractivity (Wildman–Crippen MR) is 284 cm³/mol. The highest BCUT2D eigenvalue weighted by Gasteiger charge is 2.59. The van der Waals surface area contributed by atoms with Gasteiger partial charge in [-0.2, -0.15) is 0 Å². The van der Waals surface area contributed by atoms with Crippen molar-refractivity contribution in [2.75, 3.05) is 152 Å². The molecule has 0 bridgehead atoms. The van der Waals surface area contributed by atoms with E-state index in [4.69, 9.17) is 61.3 Å². The number of hydrogen-bond donors (Lipinski definition) is 4. The monoisotopic (exact) mass is 1130 g/mol. The Morgan fingerprint density at radius 2 is 1.18 bits per heavy atom. The Morgan fingerprint density at radius 1 is 0.658 bits per heavy atom. The summed E-state index contributed by atoms with van der Waals surface area (Å²) in [6, 6.07) is 0. The first kappa shape index (κ1) is 67.3. The number of ether oxygens (including phenoxy) is 10. The normalized spacial score (nSPS) is 26.7. The van der Waals surface area contributed by atoms with Crippen LogP contribution in [0, 0.1) is 46.3 Å². The molecule has 0 aliphatic heterocycles. The minimum Gasteiger partial charge on any atom is -0.446 e. The summed E-state index contributed by atoms with van der Waals surface area (Å²) in [4.78, 5) is 31.9. The van der Waals surface area contributed by atoms with Crippen LogP contribution < -0.4 is 5.32 Å². The van der Waals surface area contributed by atoms with Gasteiger partial charge in [0.15, 0.2) is 0 Å². The van der Waals surface area contributed by atoms with Crippen LogP contribution in [0.25, 0.3) is 0 Å². The molecule has 0 saturated heterocycles. The van der Waals surface area contributed by atoms with E-state index in [1.54, 1.807) is 0 Å². The van der Waals surface area contributed by atoms with Crippen LogP contribution in [0.5, 0.6) is 0 Å². The van der Waals surface area contributed by atoms with E-state index in [0.29, 0.717) is 84.4 Å². The quantitative estimate of drug-likeness (QED) is 0.0257. The average Bonchev–Trinajstić information content (AvgIpc) is 3.75. The van der Waals surface area contributed by atoms with Gasteiger partial charge in [0.2, 0.25) is 0 Å². The zero-order chi connectivity index (χ0) is 55.1. The zero-order valence-corrected chi connectivity index (χ0v) is 48.7. The first-order valence-electron chi connectivity index (χ1n) is 28.2. The minimum absolute atomic E-state index is 0.0153. The SMILES string of the molecule is COP(=O)(O)OCCOCCOCCOCCOCCOCCOP(=O)(O)OC(CO)COCCOCCOCCOCCCNC(=O)OC1CCC2(C)C(=CCC3C2CCC2(C)C(C(C)CCCC(C)C)CCC32)C1. The fourth-order valence-corrected chi connectivity index (χ4v) is 13.3. The third-order valence-corrected chi connectivity index (χ3v) is 17.9. The van der Waals surface area contributed by atoms with Gasteiger partial charge < -0.3 is 67.6 Å². The van der Waals surface area contributed by atoms with Gasteiger partial charge in [-0.05, 0) is 97.7 Å². The fraction of sp³-hybridized carbons (Fsp3) is 0.943. The van der Waals surface area contributed by atoms with Crippen LogP contribution in [-0.2, 0) is 74.6 Å². The smallest absolute Gasteiger partial charge is 0.446 e. The molecule has 0 aromatic heterocycles. The first-order chi connectivity index (χ1) is 36.5. The zero-order valence-electron chi connectivity index (χ0n) is 46.9.